The molecular formula is C14H8BrFN2OS. The molecule has 0 bridgehead atoms. The van der Waals surface area contributed by atoms with Crippen molar-refractivity contribution in [2.45, 2.75) is 0 Å². The number of thiocarbonyl (C=S) groups is 1. The van der Waals surface area contributed by atoms with E-state index in [4.69, 9.17) is 12.2 Å². The first-order valence-corrected chi connectivity index (χ1v) is 7.04. The minimum atomic E-state index is -0.441. The summed E-state index contributed by atoms with van der Waals surface area (Å²) in [6.07, 6.45) is 7.15. The number of rotatable bonds is 1. The molecule has 1 aliphatic carbocycles. The number of hydrogen-bond donors (Lipinski definition) is 0. The molecule has 0 fully saturated rings. The molecule has 0 N–H and O–H groups in total. The number of halogens is 2. The Morgan fingerprint density at radius 3 is 2.90 bits per heavy atom. The summed E-state index contributed by atoms with van der Waals surface area (Å²) in [4.78, 5) is 18.2. The third kappa shape index (κ3) is 2.14. The fraction of sp³-hybridized carbons (Fsp3) is 0.0714. The molecule has 100 valence electrons. The van der Waals surface area contributed by atoms with Crippen molar-refractivity contribution in [1.82, 2.24) is 0 Å². The van der Waals surface area contributed by atoms with Gasteiger partial charge in [0.05, 0.1) is 17.3 Å². The molecule has 1 atom stereocenters. The third-order valence-corrected chi connectivity index (χ3v) is 3.96. The first-order valence-electron chi connectivity index (χ1n) is 5.84. The lowest BCUT2D eigenvalue weighted by Crippen LogP contribution is -2.46. The Bertz CT molecular complexity index is 711. The zero-order valence-electron chi connectivity index (χ0n) is 10.1. The largest absolute Gasteiger partial charge is 0.273 e. The predicted molar refractivity (Wildman–Crippen MR) is 83.4 cm³/mol. The van der Waals surface area contributed by atoms with E-state index in [0.717, 1.165) is 0 Å². The summed E-state index contributed by atoms with van der Waals surface area (Å²) < 4.78 is 13.6. The van der Waals surface area contributed by atoms with Gasteiger partial charge in [-0.1, -0.05) is 18.2 Å². The van der Waals surface area contributed by atoms with Gasteiger partial charge in [0.15, 0.2) is 0 Å². The van der Waals surface area contributed by atoms with E-state index in [0.29, 0.717) is 15.9 Å². The molecule has 1 heterocycles. The second-order valence-corrected chi connectivity index (χ2v) is 5.53. The van der Waals surface area contributed by atoms with Gasteiger partial charge in [0.2, 0.25) is 11.0 Å². The highest BCUT2D eigenvalue weighted by Gasteiger charge is 2.35. The zero-order valence-corrected chi connectivity index (χ0v) is 12.5. The molecule has 0 radical (unpaired) electrons. The second-order valence-electron chi connectivity index (χ2n) is 4.31. The van der Waals surface area contributed by atoms with Crippen LogP contribution in [0.25, 0.3) is 0 Å². The number of amides is 1. The molecule has 6 heteroatoms. The number of benzene rings is 1. The van der Waals surface area contributed by atoms with Crippen molar-refractivity contribution in [3.05, 3.63) is 52.8 Å². The molecule has 2 aliphatic rings. The number of aliphatic imine (C=N–C) groups is 1. The molecule has 0 spiro atoms. The van der Waals surface area contributed by atoms with Crippen LogP contribution in [0.2, 0.25) is 0 Å². The quantitative estimate of drug-likeness (QED) is 0.727. The summed E-state index contributed by atoms with van der Waals surface area (Å²) in [5.41, 5.74) is 1.13. The van der Waals surface area contributed by atoms with Crippen LogP contribution in [0.1, 0.15) is 0 Å². The van der Waals surface area contributed by atoms with Crippen molar-refractivity contribution in [1.29, 1.82) is 0 Å². The Labute approximate surface area is 128 Å². The maximum absolute atomic E-state index is 13.2. The van der Waals surface area contributed by atoms with Gasteiger partial charge < -0.3 is 0 Å². The number of fused-ring (bicyclic) bond motifs is 1. The molecule has 1 unspecified atom stereocenters. The van der Waals surface area contributed by atoms with Gasteiger partial charge in [-0.3, -0.25) is 9.69 Å². The van der Waals surface area contributed by atoms with Crippen LogP contribution in [-0.2, 0) is 4.79 Å². The lowest BCUT2D eigenvalue weighted by Gasteiger charge is -2.30. The lowest BCUT2D eigenvalue weighted by molar-refractivity contribution is -0.118. The molecule has 3 nitrogen and oxygen atoms in total. The fourth-order valence-corrected chi connectivity index (χ4v) is 2.95. The molecule has 0 saturated heterocycles. The predicted octanol–water partition coefficient (Wildman–Crippen LogP) is 3.40. The molecule has 0 aromatic heterocycles. The van der Waals surface area contributed by atoms with Crippen LogP contribution in [0.3, 0.4) is 0 Å². The fourth-order valence-electron chi connectivity index (χ4n) is 2.13. The van der Waals surface area contributed by atoms with Crippen LogP contribution in [0.4, 0.5) is 10.1 Å². The van der Waals surface area contributed by atoms with E-state index < -0.39 is 5.92 Å². The van der Waals surface area contributed by atoms with Crippen LogP contribution in [0.15, 0.2) is 52.0 Å². The number of anilines is 1. The minimum Gasteiger partial charge on any atom is -0.273 e. The van der Waals surface area contributed by atoms with Gasteiger partial charge in [0.25, 0.3) is 0 Å². The minimum absolute atomic E-state index is 0.161. The van der Waals surface area contributed by atoms with Crippen molar-refractivity contribution >= 4 is 50.6 Å². The van der Waals surface area contributed by atoms with Gasteiger partial charge in [0, 0.05) is 4.47 Å². The molecular weight excluding hydrogens is 343 g/mol. The normalized spacial score (nSPS) is 21.0. The summed E-state index contributed by atoms with van der Waals surface area (Å²) in [5.74, 6) is -1.02. The Hall–Kier alpha value is -1.66. The molecule has 0 saturated carbocycles. The molecule has 1 aliphatic heterocycles. The Morgan fingerprint density at radius 2 is 2.15 bits per heavy atom. The summed E-state index contributed by atoms with van der Waals surface area (Å²) >= 11 is 8.44. The number of carbonyl (C=O) groups excluding carboxylic acids is 1. The van der Waals surface area contributed by atoms with E-state index in [1.807, 2.05) is 6.08 Å². The monoisotopic (exact) mass is 350 g/mol. The Morgan fingerprint density at radius 1 is 1.35 bits per heavy atom. The maximum Gasteiger partial charge on any atom is 0.246 e. The second kappa shape index (κ2) is 5.03. The highest BCUT2D eigenvalue weighted by molar-refractivity contribution is 9.10. The number of carbonyl (C=O) groups is 1. The molecule has 1 aromatic carbocycles. The van der Waals surface area contributed by atoms with Crippen molar-refractivity contribution in [3.63, 3.8) is 0 Å². The van der Waals surface area contributed by atoms with Gasteiger partial charge in [-0.15, -0.1) is 0 Å². The molecule has 1 aromatic rings. The van der Waals surface area contributed by atoms with Gasteiger partial charge >= 0.3 is 0 Å². The van der Waals surface area contributed by atoms with Crippen LogP contribution >= 0.6 is 28.1 Å². The van der Waals surface area contributed by atoms with E-state index in [2.05, 4.69) is 20.9 Å². The molecule has 20 heavy (non-hydrogen) atoms. The van der Waals surface area contributed by atoms with Crippen molar-refractivity contribution in [3.8, 4) is 0 Å². The van der Waals surface area contributed by atoms with Crippen LogP contribution in [-0.4, -0.2) is 16.7 Å². The highest BCUT2D eigenvalue weighted by atomic mass is 79.9. The summed E-state index contributed by atoms with van der Waals surface area (Å²) in [7, 11) is 0. The number of nitrogens with zero attached hydrogens (tertiary/aromatic N) is 2. The summed E-state index contributed by atoms with van der Waals surface area (Å²) in [5, 5.41) is 0.161. The first-order chi connectivity index (χ1) is 9.58. The third-order valence-electron chi connectivity index (χ3n) is 3.05. The first kappa shape index (κ1) is 13.3. The SMILES string of the molecule is O=C1C2C=CC=CC2=NC(=S)N1c1ccc(F)cc1Br. The van der Waals surface area contributed by atoms with Gasteiger partial charge in [-0.2, -0.15) is 0 Å². The van der Waals surface area contributed by atoms with Crippen molar-refractivity contribution < 1.29 is 9.18 Å². The van der Waals surface area contributed by atoms with E-state index in [1.165, 1.54) is 23.1 Å². The average molecular weight is 351 g/mol. The molecule has 3 rings (SSSR count). The maximum atomic E-state index is 13.2. The molecule has 1 amide bonds. The van der Waals surface area contributed by atoms with E-state index >= 15 is 0 Å². The van der Waals surface area contributed by atoms with Gasteiger partial charge in [-0.25, -0.2) is 9.38 Å². The summed E-state index contributed by atoms with van der Waals surface area (Å²) in [6, 6.07) is 4.08. The van der Waals surface area contributed by atoms with E-state index in [9.17, 15) is 9.18 Å². The van der Waals surface area contributed by atoms with E-state index in [-0.39, 0.29) is 16.8 Å². The number of hydrogen-bond acceptors (Lipinski definition) is 2. The Kier molecular flexibility index (Phi) is 3.35. The van der Waals surface area contributed by atoms with Gasteiger partial charge in [-0.05, 0) is 52.4 Å². The summed E-state index contributed by atoms with van der Waals surface area (Å²) in [6.45, 7) is 0. The highest BCUT2D eigenvalue weighted by Crippen LogP contribution is 2.31. The van der Waals surface area contributed by atoms with Gasteiger partial charge in [0.1, 0.15) is 5.82 Å². The number of allylic oxidation sites excluding steroid dienone is 3. The lowest BCUT2D eigenvalue weighted by atomic mass is 9.95. The van der Waals surface area contributed by atoms with Crippen molar-refractivity contribution in [2.75, 3.05) is 4.90 Å². The van der Waals surface area contributed by atoms with E-state index in [1.54, 1.807) is 18.2 Å². The zero-order chi connectivity index (χ0) is 14.3. The van der Waals surface area contributed by atoms with Crippen molar-refractivity contribution in [2.24, 2.45) is 10.9 Å². The smallest absolute Gasteiger partial charge is 0.246 e. The Balaban J connectivity index is 2.08. The standard InChI is InChI=1S/C14H8BrFN2OS/c15-10-7-8(16)5-6-12(10)18-13(19)9-3-1-2-4-11(9)17-14(18)20/h1-7,9H. The average Bonchev–Trinajstić information content (AvgIpc) is 2.41. The van der Waals surface area contributed by atoms with Crippen LogP contribution in [0.5, 0.6) is 0 Å². The topological polar surface area (TPSA) is 32.7 Å². The van der Waals surface area contributed by atoms with Crippen LogP contribution < -0.4 is 4.90 Å². The van der Waals surface area contributed by atoms with Crippen LogP contribution in [0, 0.1) is 11.7 Å².